The number of carbonyl (C=O) groups excluding carboxylic acids is 1. The van der Waals surface area contributed by atoms with Crippen LogP contribution in [-0.4, -0.2) is 31.1 Å². The summed E-state index contributed by atoms with van der Waals surface area (Å²) < 4.78 is 37.4. The Balaban J connectivity index is 1.76. The van der Waals surface area contributed by atoms with Gasteiger partial charge in [0.25, 0.3) is 16.0 Å². The highest BCUT2D eigenvalue weighted by atomic mass is 35.5. The number of halogens is 1. The maximum atomic E-state index is 13.0. The second-order valence-electron chi connectivity index (χ2n) is 7.72. The van der Waals surface area contributed by atoms with Crippen LogP contribution in [0, 0.1) is 6.92 Å². The van der Waals surface area contributed by atoms with Crippen LogP contribution in [-0.2, 0) is 10.1 Å². The number of amides is 1. The van der Waals surface area contributed by atoms with E-state index in [0.717, 1.165) is 6.07 Å². The van der Waals surface area contributed by atoms with Gasteiger partial charge in [0.2, 0.25) is 0 Å². The highest BCUT2D eigenvalue weighted by Gasteiger charge is 2.20. The number of nitrogens with one attached hydrogen (secondary N) is 1. The van der Waals surface area contributed by atoms with Gasteiger partial charge in [-0.25, -0.2) is 0 Å². The normalized spacial score (nSPS) is 11.7. The standard InChI is InChI=1S/C25H20ClN3O6S/c1-14-20(11-12-21(22(14)26)36(32,33)34)28-29-23-18-6-4-3-5-15(18)13-19(24(23)30)25(31)27-16-7-9-17(35-2)10-8-16/h3-13,30H,1-2H3,(H,27,31)(H,32,33,34). The molecule has 0 saturated carbocycles. The van der Waals surface area contributed by atoms with E-state index in [-0.39, 0.29) is 33.3 Å². The first-order valence-corrected chi connectivity index (χ1v) is 12.3. The quantitative estimate of drug-likeness (QED) is 0.196. The van der Waals surface area contributed by atoms with Crippen LogP contribution in [0.5, 0.6) is 11.5 Å². The third-order valence-corrected chi connectivity index (χ3v) is 6.94. The average molecular weight is 526 g/mol. The zero-order chi connectivity index (χ0) is 26.0. The van der Waals surface area contributed by atoms with Gasteiger partial charge in [-0.1, -0.05) is 35.9 Å². The topological polar surface area (TPSA) is 138 Å². The van der Waals surface area contributed by atoms with Crippen LogP contribution in [0.1, 0.15) is 15.9 Å². The number of benzene rings is 4. The van der Waals surface area contributed by atoms with Crippen molar-refractivity contribution in [3.8, 4) is 11.5 Å². The molecule has 4 aromatic carbocycles. The zero-order valence-corrected chi connectivity index (χ0v) is 20.6. The first kappa shape index (κ1) is 25.1. The third-order valence-electron chi connectivity index (χ3n) is 5.45. The van der Waals surface area contributed by atoms with Crippen LogP contribution in [0.25, 0.3) is 10.8 Å². The molecule has 0 spiro atoms. The van der Waals surface area contributed by atoms with Crippen molar-refractivity contribution in [1.82, 2.24) is 0 Å². The summed E-state index contributed by atoms with van der Waals surface area (Å²) in [6.07, 6.45) is 0. The van der Waals surface area contributed by atoms with Gasteiger partial charge in [-0.05, 0) is 60.3 Å². The minimum absolute atomic E-state index is 0.0186. The summed E-state index contributed by atoms with van der Waals surface area (Å²) in [4.78, 5) is 12.6. The monoisotopic (exact) mass is 525 g/mol. The van der Waals surface area contributed by atoms with Gasteiger partial charge in [0.05, 0.1) is 23.4 Å². The Morgan fingerprint density at radius 1 is 1.03 bits per heavy atom. The molecule has 4 aromatic rings. The van der Waals surface area contributed by atoms with Gasteiger partial charge >= 0.3 is 0 Å². The fraction of sp³-hybridized carbons (Fsp3) is 0.0800. The number of hydrogen-bond acceptors (Lipinski definition) is 7. The molecule has 0 aliphatic rings. The molecule has 4 rings (SSSR count). The van der Waals surface area contributed by atoms with E-state index in [1.807, 2.05) is 0 Å². The van der Waals surface area contributed by atoms with E-state index in [1.54, 1.807) is 54.6 Å². The molecule has 0 heterocycles. The van der Waals surface area contributed by atoms with Gasteiger partial charge in [-0.3, -0.25) is 9.35 Å². The van der Waals surface area contributed by atoms with Gasteiger partial charge in [0.1, 0.15) is 16.3 Å². The highest BCUT2D eigenvalue weighted by Crippen LogP contribution is 2.40. The zero-order valence-electron chi connectivity index (χ0n) is 19.1. The number of anilines is 1. The van der Waals surface area contributed by atoms with Gasteiger partial charge in [0.15, 0.2) is 5.75 Å². The van der Waals surface area contributed by atoms with Gasteiger partial charge in [0, 0.05) is 11.1 Å². The van der Waals surface area contributed by atoms with Crippen LogP contribution in [0.3, 0.4) is 0 Å². The van der Waals surface area contributed by atoms with Crippen molar-refractivity contribution in [2.24, 2.45) is 10.2 Å². The molecule has 0 aliphatic heterocycles. The minimum atomic E-state index is -4.52. The number of fused-ring (bicyclic) bond motifs is 1. The number of nitrogens with zero attached hydrogens (tertiary/aromatic N) is 2. The number of azo groups is 1. The van der Waals surface area contributed by atoms with Crippen molar-refractivity contribution in [1.29, 1.82) is 0 Å². The van der Waals surface area contributed by atoms with Crippen molar-refractivity contribution in [3.05, 3.63) is 82.9 Å². The van der Waals surface area contributed by atoms with Crippen LogP contribution >= 0.6 is 11.6 Å². The molecule has 9 nitrogen and oxygen atoms in total. The van der Waals surface area contributed by atoms with Crippen molar-refractivity contribution in [2.45, 2.75) is 11.8 Å². The molecular weight excluding hydrogens is 506 g/mol. The summed E-state index contributed by atoms with van der Waals surface area (Å²) in [5.74, 6) is -0.317. The number of rotatable bonds is 6. The summed E-state index contributed by atoms with van der Waals surface area (Å²) in [5.41, 5.74) is 0.995. The van der Waals surface area contributed by atoms with E-state index in [1.165, 1.54) is 20.1 Å². The Kier molecular flexibility index (Phi) is 6.93. The second-order valence-corrected chi connectivity index (χ2v) is 9.49. The average Bonchev–Trinajstić information content (AvgIpc) is 2.85. The molecule has 0 unspecified atom stereocenters. The molecule has 1 amide bonds. The summed E-state index contributed by atoms with van der Waals surface area (Å²) in [5, 5.41) is 23.0. The van der Waals surface area contributed by atoms with Crippen molar-refractivity contribution in [2.75, 3.05) is 12.4 Å². The van der Waals surface area contributed by atoms with E-state index in [4.69, 9.17) is 16.3 Å². The maximum absolute atomic E-state index is 13.0. The summed E-state index contributed by atoms with van der Waals surface area (Å²) in [7, 11) is -2.98. The largest absolute Gasteiger partial charge is 0.505 e. The molecular formula is C25H20ClN3O6S. The van der Waals surface area contributed by atoms with E-state index in [0.29, 0.717) is 22.2 Å². The molecule has 0 fully saturated rings. The Labute approximate surface area is 211 Å². The van der Waals surface area contributed by atoms with Crippen molar-refractivity contribution in [3.63, 3.8) is 0 Å². The lowest BCUT2D eigenvalue weighted by Gasteiger charge is -2.12. The number of methoxy groups -OCH3 is 1. The maximum Gasteiger partial charge on any atom is 0.296 e. The molecule has 3 N–H and O–H groups in total. The van der Waals surface area contributed by atoms with E-state index < -0.39 is 20.9 Å². The second kappa shape index (κ2) is 9.94. The Bertz CT molecular complexity index is 1620. The van der Waals surface area contributed by atoms with Gasteiger partial charge in [-0.2, -0.15) is 13.5 Å². The van der Waals surface area contributed by atoms with Crippen molar-refractivity contribution >= 4 is 55.5 Å². The van der Waals surface area contributed by atoms with Crippen LogP contribution in [0.15, 0.2) is 81.9 Å². The van der Waals surface area contributed by atoms with E-state index in [9.17, 15) is 22.9 Å². The molecule has 0 saturated heterocycles. The number of carbonyl (C=O) groups is 1. The SMILES string of the molecule is COc1ccc(NC(=O)c2cc3ccccc3c(N=Nc3ccc(S(=O)(=O)O)c(Cl)c3C)c2O)cc1. The lowest BCUT2D eigenvalue weighted by molar-refractivity contribution is 0.102. The number of phenols is 1. The Morgan fingerprint density at radius 3 is 2.39 bits per heavy atom. The first-order valence-electron chi connectivity index (χ1n) is 10.5. The van der Waals surface area contributed by atoms with E-state index >= 15 is 0 Å². The molecule has 36 heavy (non-hydrogen) atoms. The number of aromatic hydroxyl groups is 1. The number of ether oxygens (including phenoxy) is 1. The Morgan fingerprint density at radius 2 is 1.72 bits per heavy atom. The summed E-state index contributed by atoms with van der Waals surface area (Å²) in [6, 6.07) is 17.7. The fourth-order valence-electron chi connectivity index (χ4n) is 3.53. The third kappa shape index (κ3) is 5.01. The smallest absolute Gasteiger partial charge is 0.296 e. The molecule has 11 heteroatoms. The van der Waals surface area contributed by atoms with Crippen LogP contribution < -0.4 is 10.1 Å². The minimum Gasteiger partial charge on any atom is -0.505 e. The van der Waals surface area contributed by atoms with Crippen LogP contribution in [0.2, 0.25) is 5.02 Å². The number of phenolic OH excluding ortho intramolecular Hbond substituents is 1. The number of hydrogen-bond donors (Lipinski definition) is 3. The van der Waals surface area contributed by atoms with E-state index in [2.05, 4.69) is 15.5 Å². The molecule has 0 aliphatic carbocycles. The first-order chi connectivity index (χ1) is 17.1. The fourth-order valence-corrected chi connectivity index (χ4v) is 4.60. The summed E-state index contributed by atoms with van der Waals surface area (Å²) >= 11 is 6.10. The summed E-state index contributed by atoms with van der Waals surface area (Å²) in [6.45, 7) is 1.52. The van der Waals surface area contributed by atoms with Crippen LogP contribution in [0.4, 0.5) is 17.1 Å². The molecule has 0 aromatic heterocycles. The molecule has 0 bridgehead atoms. The predicted molar refractivity (Wildman–Crippen MR) is 137 cm³/mol. The molecule has 0 atom stereocenters. The lowest BCUT2D eigenvalue weighted by Crippen LogP contribution is -2.12. The van der Waals surface area contributed by atoms with Gasteiger partial charge in [-0.15, -0.1) is 5.11 Å². The highest BCUT2D eigenvalue weighted by molar-refractivity contribution is 7.86. The predicted octanol–water partition coefficient (Wildman–Crippen LogP) is 6.43. The van der Waals surface area contributed by atoms with Crippen molar-refractivity contribution < 1.29 is 27.6 Å². The van der Waals surface area contributed by atoms with Gasteiger partial charge < -0.3 is 15.2 Å². The molecule has 184 valence electrons. The Hall–Kier alpha value is -3.99. The lowest BCUT2D eigenvalue weighted by atomic mass is 10.0. The molecule has 0 radical (unpaired) electrons.